The van der Waals surface area contributed by atoms with Gasteiger partial charge in [0.15, 0.2) is 5.78 Å². The molecule has 128 valence electrons. The van der Waals surface area contributed by atoms with Gasteiger partial charge in [0.25, 0.3) is 0 Å². The van der Waals surface area contributed by atoms with Crippen LogP contribution < -0.4 is 5.32 Å². The number of hydrogen-bond donors (Lipinski definition) is 1. The Kier molecular flexibility index (Phi) is 5.06. The van der Waals surface area contributed by atoms with Gasteiger partial charge in [0.2, 0.25) is 0 Å². The minimum absolute atomic E-state index is 0.182. The molecule has 26 heavy (non-hydrogen) atoms. The fourth-order valence-corrected chi connectivity index (χ4v) is 2.84. The molecule has 0 spiro atoms. The topological polar surface area (TPSA) is 29.1 Å². The molecule has 1 N–H and O–H groups in total. The van der Waals surface area contributed by atoms with Gasteiger partial charge in [0.1, 0.15) is 5.82 Å². The Morgan fingerprint density at radius 1 is 1.00 bits per heavy atom. The van der Waals surface area contributed by atoms with Gasteiger partial charge in [-0.05, 0) is 67.1 Å². The molecule has 0 fully saturated rings. The van der Waals surface area contributed by atoms with Gasteiger partial charge in [0.05, 0.1) is 5.02 Å². The summed E-state index contributed by atoms with van der Waals surface area (Å²) in [6.07, 6.45) is 5.42. The van der Waals surface area contributed by atoms with Crippen LogP contribution in [0.3, 0.4) is 0 Å². The molecule has 0 atom stereocenters. The van der Waals surface area contributed by atoms with Gasteiger partial charge in [-0.1, -0.05) is 23.6 Å². The van der Waals surface area contributed by atoms with Crippen LogP contribution in [0, 0.1) is 25.1 Å². The summed E-state index contributed by atoms with van der Waals surface area (Å²) in [5.74, 6) is 2.05. The number of benzene rings is 3. The van der Waals surface area contributed by atoms with E-state index in [-0.39, 0.29) is 11.6 Å². The van der Waals surface area contributed by atoms with Gasteiger partial charge < -0.3 is 5.32 Å². The third-order valence-corrected chi connectivity index (χ3v) is 4.31. The van der Waals surface area contributed by atoms with E-state index in [0.29, 0.717) is 27.4 Å². The maximum Gasteiger partial charge on any atom is 0.194 e. The van der Waals surface area contributed by atoms with Crippen molar-refractivity contribution >= 4 is 28.8 Å². The molecule has 0 saturated carbocycles. The summed E-state index contributed by atoms with van der Waals surface area (Å²) < 4.78 is 13.0. The van der Waals surface area contributed by atoms with Crippen LogP contribution in [0.15, 0.2) is 60.7 Å². The number of carbonyl (C=O) groups excluding carboxylic acids is 1. The van der Waals surface area contributed by atoms with Crippen molar-refractivity contribution in [3.63, 3.8) is 0 Å². The van der Waals surface area contributed by atoms with Crippen LogP contribution in [0.25, 0.3) is 0 Å². The molecular weight excluding hydrogens is 349 g/mol. The van der Waals surface area contributed by atoms with E-state index in [4.69, 9.17) is 18.0 Å². The van der Waals surface area contributed by atoms with E-state index < -0.39 is 0 Å². The van der Waals surface area contributed by atoms with Crippen molar-refractivity contribution in [3.8, 4) is 12.3 Å². The lowest BCUT2D eigenvalue weighted by molar-refractivity contribution is 0.103. The highest BCUT2D eigenvalue weighted by molar-refractivity contribution is 6.35. The van der Waals surface area contributed by atoms with Gasteiger partial charge in [-0.3, -0.25) is 4.79 Å². The summed E-state index contributed by atoms with van der Waals surface area (Å²) in [5, 5.41) is 3.45. The third-order valence-electron chi connectivity index (χ3n) is 4.00. The molecule has 0 unspecified atom stereocenters. The van der Waals surface area contributed by atoms with Crippen LogP contribution in [0.4, 0.5) is 15.8 Å². The highest BCUT2D eigenvalue weighted by atomic mass is 35.5. The predicted octanol–water partition coefficient (Wildman–Crippen LogP) is 5.74. The summed E-state index contributed by atoms with van der Waals surface area (Å²) in [6.45, 7) is 1.85. The van der Waals surface area contributed by atoms with Crippen molar-refractivity contribution in [3.05, 3.63) is 93.8 Å². The Labute approximate surface area is 156 Å². The quantitative estimate of drug-likeness (QED) is 0.472. The second-order valence-corrected chi connectivity index (χ2v) is 6.24. The monoisotopic (exact) mass is 363 g/mol. The van der Waals surface area contributed by atoms with Gasteiger partial charge in [0, 0.05) is 28.1 Å². The number of terminal acetylenes is 1. The van der Waals surface area contributed by atoms with Crippen molar-refractivity contribution in [2.75, 3.05) is 5.32 Å². The molecule has 0 bridgehead atoms. The molecule has 0 amide bonds. The fourth-order valence-electron chi connectivity index (χ4n) is 2.58. The third kappa shape index (κ3) is 3.77. The largest absolute Gasteiger partial charge is 0.355 e. The molecule has 0 aromatic heterocycles. The first kappa shape index (κ1) is 17.7. The van der Waals surface area contributed by atoms with E-state index in [2.05, 4.69) is 11.2 Å². The summed E-state index contributed by atoms with van der Waals surface area (Å²) in [7, 11) is 0. The molecule has 0 radical (unpaired) electrons. The number of rotatable bonds is 4. The SMILES string of the molecule is C#Cc1ccc(C)c(C(=O)c2ccc(Nc3ccc(F)cc3)cc2Cl)c1. The van der Waals surface area contributed by atoms with Crippen molar-refractivity contribution in [2.45, 2.75) is 6.92 Å². The fraction of sp³-hybridized carbons (Fsp3) is 0.0455. The molecule has 2 nitrogen and oxygen atoms in total. The van der Waals surface area contributed by atoms with Crippen LogP contribution in [0.2, 0.25) is 5.02 Å². The Balaban J connectivity index is 1.89. The van der Waals surface area contributed by atoms with Crippen molar-refractivity contribution in [1.29, 1.82) is 0 Å². The van der Waals surface area contributed by atoms with Gasteiger partial charge in [-0.2, -0.15) is 0 Å². The van der Waals surface area contributed by atoms with Gasteiger partial charge in [-0.25, -0.2) is 4.39 Å². The maximum atomic E-state index is 13.0. The molecule has 0 heterocycles. The van der Waals surface area contributed by atoms with E-state index in [0.717, 1.165) is 11.3 Å². The van der Waals surface area contributed by atoms with Gasteiger partial charge in [-0.15, -0.1) is 6.42 Å². The first-order valence-corrected chi connectivity index (χ1v) is 8.30. The predicted molar refractivity (Wildman–Crippen MR) is 104 cm³/mol. The number of aryl methyl sites for hydroxylation is 1. The lowest BCUT2D eigenvalue weighted by atomic mass is 9.97. The van der Waals surface area contributed by atoms with Crippen LogP contribution in [0.1, 0.15) is 27.0 Å². The molecule has 0 aliphatic rings. The lowest BCUT2D eigenvalue weighted by Crippen LogP contribution is -2.05. The maximum absolute atomic E-state index is 13.0. The summed E-state index contributed by atoms with van der Waals surface area (Å²) in [5.41, 5.74) is 3.82. The summed E-state index contributed by atoms with van der Waals surface area (Å²) in [6, 6.07) is 16.4. The van der Waals surface area contributed by atoms with Gasteiger partial charge >= 0.3 is 0 Å². The van der Waals surface area contributed by atoms with E-state index in [1.165, 1.54) is 12.1 Å². The summed E-state index contributed by atoms with van der Waals surface area (Å²) >= 11 is 6.33. The zero-order valence-corrected chi connectivity index (χ0v) is 14.8. The highest BCUT2D eigenvalue weighted by Gasteiger charge is 2.16. The standard InChI is InChI=1S/C22H15ClFNO/c1-3-15-5-4-14(2)20(12-15)22(26)19-11-10-18(13-21(19)23)25-17-8-6-16(24)7-9-17/h1,4-13,25H,2H3. The zero-order chi connectivity index (χ0) is 18.7. The number of carbonyl (C=O) groups is 1. The highest BCUT2D eigenvalue weighted by Crippen LogP contribution is 2.27. The second kappa shape index (κ2) is 7.43. The number of ketones is 1. The van der Waals surface area contributed by atoms with E-state index in [1.807, 2.05) is 13.0 Å². The minimum atomic E-state index is -0.306. The number of hydrogen-bond acceptors (Lipinski definition) is 2. The smallest absolute Gasteiger partial charge is 0.194 e. The minimum Gasteiger partial charge on any atom is -0.355 e. The van der Waals surface area contributed by atoms with Crippen LogP contribution in [-0.4, -0.2) is 5.78 Å². The molecule has 3 aromatic carbocycles. The first-order valence-electron chi connectivity index (χ1n) is 7.92. The Hall–Kier alpha value is -3.09. The first-order chi connectivity index (χ1) is 12.5. The van der Waals surface area contributed by atoms with Crippen LogP contribution in [-0.2, 0) is 0 Å². The van der Waals surface area contributed by atoms with Crippen LogP contribution in [0.5, 0.6) is 0 Å². The molecule has 3 aromatic rings. The second-order valence-electron chi connectivity index (χ2n) is 5.83. The molecule has 3 rings (SSSR count). The van der Waals surface area contributed by atoms with Crippen molar-refractivity contribution < 1.29 is 9.18 Å². The van der Waals surface area contributed by atoms with Crippen molar-refractivity contribution in [2.24, 2.45) is 0 Å². The number of nitrogens with one attached hydrogen (secondary N) is 1. The molecule has 0 aliphatic carbocycles. The molecule has 0 aliphatic heterocycles. The Morgan fingerprint density at radius 3 is 2.35 bits per heavy atom. The zero-order valence-electron chi connectivity index (χ0n) is 14.0. The number of anilines is 2. The van der Waals surface area contributed by atoms with Crippen LogP contribution >= 0.6 is 11.6 Å². The van der Waals surface area contributed by atoms with E-state index >= 15 is 0 Å². The summed E-state index contributed by atoms with van der Waals surface area (Å²) in [4.78, 5) is 12.8. The normalized spacial score (nSPS) is 10.2. The Bertz CT molecular complexity index is 1020. The molecular formula is C22H15ClFNO. The van der Waals surface area contributed by atoms with E-state index in [9.17, 15) is 9.18 Å². The average Bonchev–Trinajstić information content (AvgIpc) is 2.64. The number of halogens is 2. The Morgan fingerprint density at radius 2 is 1.69 bits per heavy atom. The molecule has 0 saturated heterocycles. The average molecular weight is 364 g/mol. The molecule has 4 heteroatoms. The van der Waals surface area contributed by atoms with E-state index in [1.54, 1.807) is 42.5 Å². The van der Waals surface area contributed by atoms with Crippen molar-refractivity contribution in [1.82, 2.24) is 0 Å². The lowest BCUT2D eigenvalue weighted by Gasteiger charge is -2.11.